The summed E-state index contributed by atoms with van der Waals surface area (Å²) >= 11 is 0. The van der Waals surface area contributed by atoms with Crippen molar-refractivity contribution in [2.75, 3.05) is 39.3 Å². The zero-order valence-electron chi connectivity index (χ0n) is 18.6. The number of rotatable bonds is 9. The summed E-state index contributed by atoms with van der Waals surface area (Å²) in [5.74, 6) is 1.10. The van der Waals surface area contributed by atoms with Crippen LogP contribution in [-0.2, 0) is 0 Å². The van der Waals surface area contributed by atoms with E-state index in [0.29, 0.717) is 51.1 Å². The van der Waals surface area contributed by atoms with Crippen molar-refractivity contribution in [2.24, 2.45) is 16.8 Å². The highest BCUT2D eigenvalue weighted by Crippen LogP contribution is 2.30. The molecular formula is C22H33F4IN4O. The van der Waals surface area contributed by atoms with Crippen molar-refractivity contribution in [1.82, 2.24) is 15.5 Å². The average molecular weight is 572 g/mol. The zero-order valence-corrected chi connectivity index (χ0v) is 20.9. The van der Waals surface area contributed by atoms with E-state index in [1.807, 2.05) is 19.9 Å². The van der Waals surface area contributed by atoms with E-state index in [1.165, 1.54) is 11.0 Å². The molecule has 2 unspecified atom stereocenters. The van der Waals surface area contributed by atoms with Crippen LogP contribution >= 0.6 is 24.0 Å². The first kappa shape index (κ1) is 26.9. The lowest BCUT2D eigenvalue weighted by atomic mass is 10.1. The fraction of sp³-hybridized carbons (Fsp3) is 0.682. The molecule has 2 aliphatic rings. The zero-order chi connectivity index (χ0) is 22.4. The number of alkyl halides is 3. The molecule has 0 spiro atoms. The standard InChI is InChI=1S/C22H32F4N4O.HI/c1-3-27-21(28-11-17-8-9-30(12-17)14-22(24,25)26)29-15(2)18-6-7-20(19(23)10-18)31-13-16-4-5-16;/h6-7,10,15-17H,3-5,8-9,11-14H2,1-2H3,(H2,27,28,29);1H. The third-order valence-electron chi connectivity index (χ3n) is 5.61. The van der Waals surface area contributed by atoms with Crippen LogP contribution in [0.5, 0.6) is 5.75 Å². The molecule has 10 heteroatoms. The number of nitrogens with one attached hydrogen (secondary N) is 2. The van der Waals surface area contributed by atoms with E-state index >= 15 is 0 Å². The molecule has 2 N–H and O–H groups in total. The van der Waals surface area contributed by atoms with E-state index in [-0.39, 0.29) is 47.5 Å². The predicted molar refractivity (Wildman–Crippen MR) is 128 cm³/mol. The van der Waals surface area contributed by atoms with E-state index in [1.54, 1.807) is 6.07 Å². The molecule has 1 aromatic carbocycles. The molecule has 0 amide bonds. The highest BCUT2D eigenvalue weighted by atomic mass is 127. The summed E-state index contributed by atoms with van der Waals surface area (Å²) in [5, 5.41) is 6.40. The Kier molecular flexibility index (Phi) is 10.3. The van der Waals surface area contributed by atoms with E-state index in [9.17, 15) is 17.6 Å². The first-order valence-electron chi connectivity index (χ1n) is 11.0. The van der Waals surface area contributed by atoms with Crippen LogP contribution in [0.3, 0.4) is 0 Å². The van der Waals surface area contributed by atoms with E-state index in [2.05, 4.69) is 15.6 Å². The predicted octanol–water partition coefficient (Wildman–Crippen LogP) is 4.73. The molecule has 0 bridgehead atoms. The van der Waals surface area contributed by atoms with E-state index in [0.717, 1.165) is 18.4 Å². The summed E-state index contributed by atoms with van der Waals surface area (Å²) in [7, 11) is 0. The second kappa shape index (κ2) is 12.2. The molecule has 1 saturated carbocycles. The van der Waals surface area contributed by atoms with Crippen LogP contribution in [0.15, 0.2) is 23.2 Å². The van der Waals surface area contributed by atoms with Gasteiger partial charge in [-0.3, -0.25) is 9.89 Å². The van der Waals surface area contributed by atoms with Crippen molar-refractivity contribution < 1.29 is 22.3 Å². The van der Waals surface area contributed by atoms with Crippen molar-refractivity contribution in [3.8, 4) is 5.75 Å². The Bertz CT molecular complexity index is 758. The number of halogens is 5. The van der Waals surface area contributed by atoms with Gasteiger partial charge in [-0.1, -0.05) is 6.07 Å². The minimum atomic E-state index is -4.17. The smallest absolute Gasteiger partial charge is 0.401 e. The molecule has 1 aromatic rings. The SMILES string of the molecule is CCNC(=NCC1CCN(CC(F)(F)F)C1)NC(C)c1ccc(OCC2CC2)c(F)c1.I. The van der Waals surface area contributed by atoms with Crippen molar-refractivity contribution in [1.29, 1.82) is 0 Å². The van der Waals surface area contributed by atoms with Gasteiger partial charge < -0.3 is 15.4 Å². The van der Waals surface area contributed by atoms with Crippen molar-refractivity contribution in [3.63, 3.8) is 0 Å². The summed E-state index contributed by atoms with van der Waals surface area (Å²) in [5.41, 5.74) is 0.763. The van der Waals surface area contributed by atoms with Crippen molar-refractivity contribution in [2.45, 2.75) is 45.3 Å². The normalized spacial score (nSPS) is 20.6. The Morgan fingerprint density at radius 2 is 2.00 bits per heavy atom. The van der Waals surface area contributed by atoms with Gasteiger partial charge in [0.1, 0.15) is 0 Å². The summed E-state index contributed by atoms with van der Waals surface area (Å²) in [6.45, 7) is 5.46. The molecule has 32 heavy (non-hydrogen) atoms. The molecule has 2 atom stereocenters. The van der Waals surface area contributed by atoms with Gasteiger partial charge in [0.15, 0.2) is 17.5 Å². The quantitative estimate of drug-likeness (QED) is 0.195. The first-order chi connectivity index (χ1) is 14.7. The van der Waals surface area contributed by atoms with Gasteiger partial charge in [0, 0.05) is 19.6 Å². The van der Waals surface area contributed by atoms with Gasteiger partial charge in [-0.2, -0.15) is 13.2 Å². The Morgan fingerprint density at radius 3 is 2.62 bits per heavy atom. The summed E-state index contributed by atoms with van der Waals surface area (Å²) in [4.78, 5) is 5.99. The van der Waals surface area contributed by atoms with Gasteiger partial charge in [-0.15, -0.1) is 24.0 Å². The Labute approximate surface area is 204 Å². The van der Waals surface area contributed by atoms with Gasteiger partial charge in [-0.05, 0) is 69.2 Å². The van der Waals surface area contributed by atoms with Crippen molar-refractivity contribution >= 4 is 29.9 Å². The van der Waals surface area contributed by atoms with Crippen LogP contribution in [0, 0.1) is 17.7 Å². The second-order valence-electron chi connectivity index (χ2n) is 8.53. The van der Waals surface area contributed by atoms with Crippen LogP contribution in [0.1, 0.15) is 44.7 Å². The highest BCUT2D eigenvalue weighted by molar-refractivity contribution is 14.0. The van der Waals surface area contributed by atoms with Gasteiger partial charge >= 0.3 is 6.18 Å². The number of nitrogens with zero attached hydrogens (tertiary/aromatic N) is 2. The third kappa shape index (κ3) is 8.92. The molecule has 1 saturated heterocycles. The largest absolute Gasteiger partial charge is 0.490 e. The van der Waals surface area contributed by atoms with E-state index < -0.39 is 12.7 Å². The molecule has 1 aliphatic carbocycles. The maximum absolute atomic E-state index is 14.4. The summed E-state index contributed by atoms with van der Waals surface area (Å²) in [6.07, 6.45) is -1.18. The summed E-state index contributed by atoms with van der Waals surface area (Å²) < 4.78 is 57.6. The molecule has 182 valence electrons. The summed E-state index contributed by atoms with van der Waals surface area (Å²) in [6, 6.07) is 4.76. The van der Waals surface area contributed by atoms with Crippen LogP contribution in [-0.4, -0.2) is 56.4 Å². The number of hydrogen-bond donors (Lipinski definition) is 2. The van der Waals surface area contributed by atoms with Gasteiger partial charge in [-0.25, -0.2) is 4.39 Å². The number of likely N-dealkylation sites (tertiary alicyclic amines) is 1. The first-order valence-corrected chi connectivity index (χ1v) is 11.0. The average Bonchev–Trinajstić information content (AvgIpc) is 3.42. The van der Waals surface area contributed by atoms with Gasteiger partial charge in [0.25, 0.3) is 0 Å². The number of benzene rings is 1. The van der Waals surface area contributed by atoms with Gasteiger partial charge in [0.05, 0.1) is 19.2 Å². The molecule has 0 aromatic heterocycles. The molecule has 0 radical (unpaired) electrons. The van der Waals surface area contributed by atoms with Crippen molar-refractivity contribution in [3.05, 3.63) is 29.6 Å². The Balaban J connectivity index is 0.00000363. The fourth-order valence-corrected chi connectivity index (χ4v) is 3.68. The molecule has 1 heterocycles. The number of aliphatic imine (C=N–C) groups is 1. The minimum absolute atomic E-state index is 0. The maximum atomic E-state index is 14.4. The number of hydrogen-bond acceptors (Lipinski definition) is 3. The van der Waals surface area contributed by atoms with E-state index in [4.69, 9.17) is 4.74 Å². The number of ether oxygens (including phenoxy) is 1. The molecule has 3 rings (SSSR count). The molecule has 5 nitrogen and oxygen atoms in total. The molecular weight excluding hydrogens is 539 g/mol. The maximum Gasteiger partial charge on any atom is 0.401 e. The topological polar surface area (TPSA) is 48.9 Å². The lowest BCUT2D eigenvalue weighted by Crippen LogP contribution is -2.39. The Hall–Kier alpha value is -1.30. The van der Waals surface area contributed by atoms with Gasteiger partial charge in [0.2, 0.25) is 0 Å². The molecule has 1 aliphatic heterocycles. The minimum Gasteiger partial charge on any atom is -0.490 e. The lowest BCUT2D eigenvalue weighted by Gasteiger charge is -2.20. The highest BCUT2D eigenvalue weighted by Gasteiger charge is 2.34. The molecule has 2 fully saturated rings. The second-order valence-corrected chi connectivity index (χ2v) is 8.53. The fourth-order valence-electron chi connectivity index (χ4n) is 3.68. The number of guanidine groups is 1. The van der Waals surface area contributed by atoms with Crippen LogP contribution in [0.25, 0.3) is 0 Å². The van der Waals surface area contributed by atoms with Crippen LogP contribution in [0.4, 0.5) is 17.6 Å². The third-order valence-corrected chi connectivity index (χ3v) is 5.61. The monoisotopic (exact) mass is 572 g/mol. The van der Waals surface area contributed by atoms with Crippen LogP contribution in [0.2, 0.25) is 0 Å². The Morgan fingerprint density at radius 1 is 1.25 bits per heavy atom. The van der Waals surface area contributed by atoms with Crippen LogP contribution < -0.4 is 15.4 Å². The lowest BCUT2D eigenvalue weighted by molar-refractivity contribution is -0.143.